The molecule has 0 heterocycles. The Morgan fingerprint density at radius 2 is 2.18 bits per heavy atom. The topological polar surface area (TPSA) is 52.3 Å². The molecular formula is C14H17NO2. The Bertz CT molecular complexity index is 423. The lowest BCUT2D eigenvalue weighted by atomic mass is 9.87. The molecule has 0 saturated carbocycles. The van der Waals surface area contributed by atoms with Crippen molar-refractivity contribution >= 4 is 5.97 Å². The predicted molar refractivity (Wildman–Crippen MR) is 67.5 cm³/mol. The monoisotopic (exact) mass is 231 g/mol. The highest BCUT2D eigenvalue weighted by Crippen LogP contribution is 2.28. The SMILES string of the molecule is C#C.COC(=O)c1ccc2c(c1)[C@@H](N)CCC2. The van der Waals surface area contributed by atoms with Crippen molar-refractivity contribution in [1.29, 1.82) is 0 Å². The molecule has 1 aliphatic rings. The molecule has 90 valence electrons. The van der Waals surface area contributed by atoms with Gasteiger partial charge in [-0.25, -0.2) is 4.79 Å². The first-order chi connectivity index (χ1) is 8.22. The van der Waals surface area contributed by atoms with E-state index < -0.39 is 0 Å². The van der Waals surface area contributed by atoms with Gasteiger partial charge in [0.25, 0.3) is 0 Å². The van der Waals surface area contributed by atoms with Crippen molar-refractivity contribution in [2.45, 2.75) is 25.3 Å². The largest absolute Gasteiger partial charge is 0.465 e. The fraction of sp³-hybridized carbons (Fsp3) is 0.357. The second-order valence-electron chi connectivity index (χ2n) is 3.90. The van der Waals surface area contributed by atoms with E-state index in [1.807, 2.05) is 18.2 Å². The zero-order chi connectivity index (χ0) is 12.8. The average molecular weight is 231 g/mol. The molecule has 1 aromatic rings. The normalized spacial score (nSPS) is 17.3. The number of esters is 1. The maximum Gasteiger partial charge on any atom is 0.337 e. The van der Waals surface area contributed by atoms with E-state index in [0.29, 0.717) is 5.56 Å². The van der Waals surface area contributed by atoms with Crippen LogP contribution in [0.25, 0.3) is 0 Å². The van der Waals surface area contributed by atoms with Gasteiger partial charge in [0.1, 0.15) is 0 Å². The number of ether oxygens (including phenoxy) is 1. The van der Waals surface area contributed by atoms with Gasteiger partial charge in [-0.1, -0.05) is 6.07 Å². The van der Waals surface area contributed by atoms with Crippen LogP contribution in [-0.2, 0) is 11.2 Å². The van der Waals surface area contributed by atoms with Gasteiger partial charge in [0, 0.05) is 6.04 Å². The van der Waals surface area contributed by atoms with Crippen LogP contribution in [0.3, 0.4) is 0 Å². The van der Waals surface area contributed by atoms with Crippen LogP contribution in [-0.4, -0.2) is 13.1 Å². The molecule has 1 aromatic carbocycles. The van der Waals surface area contributed by atoms with E-state index in [4.69, 9.17) is 5.73 Å². The molecule has 3 nitrogen and oxygen atoms in total. The number of aryl methyl sites for hydroxylation is 1. The van der Waals surface area contributed by atoms with Crippen molar-refractivity contribution in [2.24, 2.45) is 5.73 Å². The molecule has 0 amide bonds. The van der Waals surface area contributed by atoms with Gasteiger partial charge < -0.3 is 10.5 Å². The third kappa shape index (κ3) is 2.86. The third-order valence-corrected chi connectivity index (χ3v) is 2.93. The molecular weight excluding hydrogens is 214 g/mol. The van der Waals surface area contributed by atoms with Crippen LogP contribution in [0.4, 0.5) is 0 Å². The molecule has 0 radical (unpaired) electrons. The van der Waals surface area contributed by atoms with E-state index >= 15 is 0 Å². The van der Waals surface area contributed by atoms with Crippen molar-refractivity contribution in [3.8, 4) is 12.8 Å². The highest BCUT2D eigenvalue weighted by atomic mass is 16.5. The Morgan fingerprint density at radius 3 is 2.82 bits per heavy atom. The van der Waals surface area contributed by atoms with Crippen molar-refractivity contribution in [2.75, 3.05) is 7.11 Å². The number of carbonyl (C=O) groups is 1. The number of benzene rings is 1. The summed E-state index contributed by atoms with van der Waals surface area (Å²) in [5.74, 6) is -0.296. The van der Waals surface area contributed by atoms with E-state index in [0.717, 1.165) is 24.8 Å². The van der Waals surface area contributed by atoms with Crippen molar-refractivity contribution < 1.29 is 9.53 Å². The predicted octanol–water partition coefficient (Wildman–Crippen LogP) is 2.06. The molecule has 2 N–H and O–H groups in total. The summed E-state index contributed by atoms with van der Waals surface area (Å²) >= 11 is 0. The molecule has 0 unspecified atom stereocenters. The third-order valence-electron chi connectivity index (χ3n) is 2.93. The van der Waals surface area contributed by atoms with Gasteiger partial charge in [-0.3, -0.25) is 0 Å². The maximum atomic E-state index is 11.3. The van der Waals surface area contributed by atoms with Crippen LogP contribution in [0, 0.1) is 12.8 Å². The Kier molecular flexibility index (Phi) is 4.74. The minimum atomic E-state index is -0.296. The first-order valence-electron chi connectivity index (χ1n) is 5.52. The summed E-state index contributed by atoms with van der Waals surface area (Å²) in [5.41, 5.74) is 8.96. The van der Waals surface area contributed by atoms with Crippen LogP contribution >= 0.6 is 0 Å². The summed E-state index contributed by atoms with van der Waals surface area (Å²) in [6.07, 6.45) is 11.2. The summed E-state index contributed by atoms with van der Waals surface area (Å²) in [4.78, 5) is 11.3. The Hall–Kier alpha value is -1.79. The lowest BCUT2D eigenvalue weighted by molar-refractivity contribution is 0.0600. The van der Waals surface area contributed by atoms with Gasteiger partial charge in [-0.2, -0.15) is 0 Å². The molecule has 0 fully saturated rings. The zero-order valence-electron chi connectivity index (χ0n) is 9.98. The average Bonchev–Trinajstić information content (AvgIpc) is 2.40. The zero-order valence-corrected chi connectivity index (χ0v) is 9.98. The van der Waals surface area contributed by atoms with Gasteiger partial charge >= 0.3 is 5.97 Å². The quantitative estimate of drug-likeness (QED) is 0.594. The number of rotatable bonds is 1. The molecule has 0 bridgehead atoms. The Morgan fingerprint density at radius 1 is 1.47 bits per heavy atom. The molecule has 3 heteroatoms. The summed E-state index contributed by atoms with van der Waals surface area (Å²) in [6, 6.07) is 5.73. The van der Waals surface area contributed by atoms with Crippen LogP contribution in [0.2, 0.25) is 0 Å². The highest BCUT2D eigenvalue weighted by molar-refractivity contribution is 5.89. The molecule has 0 aromatic heterocycles. The second-order valence-corrected chi connectivity index (χ2v) is 3.90. The second kappa shape index (κ2) is 6.07. The molecule has 0 aliphatic heterocycles. The van der Waals surface area contributed by atoms with Crippen molar-refractivity contribution in [3.05, 3.63) is 34.9 Å². The fourth-order valence-corrected chi connectivity index (χ4v) is 2.08. The number of carbonyl (C=O) groups excluding carboxylic acids is 1. The van der Waals surface area contributed by atoms with Gasteiger partial charge in [-0.05, 0) is 42.5 Å². The van der Waals surface area contributed by atoms with Gasteiger partial charge in [0.2, 0.25) is 0 Å². The number of hydrogen-bond acceptors (Lipinski definition) is 3. The van der Waals surface area contributed by atoms with Crippen LogP contribution in [0.5, 0.6) is 0 Å². The smallest absolute Gasteiger partial charge is 0.337 e. The number of terminal acetylenes is 1. The van der Waals surface area contributed by atoms with E-state index in [-0.39, 0.29) is 12.0 Å². The number of hydrogen-bond donors (Lipinski definition) is 1. The summed E-state index contributed by atoms with van der Waals surface area (Å²) in [6.45, 7) is 0. The van der Waals surface area contributed by atoms with Crippen LogP contribution < -0.4 is 5.73 Å². The molecule has 2 rings (SSSR count). The van der Waals surface area contributed by atoms with E-state index in [2.05, 4.69) is 17.6 Å². The summed E-state index contributed by atoms with van der Waals surface area (Å²) < 4.78 is 4.68. The van der Waals surface area contributed by atoms with Gasteiger partial charge in [0.05, 0.1) is 12.7 Å². The lowest BCUT2D eigenvalue weighted by Crippen LogP contribution is -2.18. The van der Waals surface area contributed by atoms with E-state index in [9.17, 15) is 4.79 Å². The van der Waals surface area contributed by atoms with E-state index in [1.165, 1.54) is 12.7 Å². The minimum absolute atomic E-state index is 0.0679. The minimum Gasteiger partial charge on any atom is -0.465 e. The lowest BCUT2D eigenvalue weighted by Gasteiger charge is -2.22. The van der Waals surface area contributed by atoms with Crippen molar-refractivity contribution in [1.82, 2.24) is 0 Å². The maximum absolute atomic E-state index is 11.3. The number of nitrogens with two attached hydrogens (primary N) is 1. The molecule has 17 heavy (non-hydrogen) atoms. The molecule has 1 aliphatic carbocycles. The number of fused-ring (bicyclic) bond motifs is 1. The first-order valence-corrected chi connectivity index (χ1v) is 5.52. The van der Waals surface area contributed by atoms with Crippen molar-refractivity contribution in [3.63, 3.8) is 0 Å². The summed E-state index contributed by atoms with van der Waals surface area (Å²) in [7, 11) is 1.39. The molecule has 1 atom stereocenters. The van der Waals surface area contributed by atoms with Gasteiger partial charge in [0.15, 0.2) is 0 Å². The standard InChI is InChI=1S/C12H15NO2.C2H2/c1-15-12(14)9-6-5-8-3-2-4-11(13)10(8)7-9;1-2/h5-7,11H,2-4,13H2,1H3;1-2H/t11-;/m0./s1. The summed E-state index contributed by atoms with van der Waals surface area (Å²) in [5, 5.41) is 0. The van der Waals surface area contributed by atoms with E-state index in [1.54, 1.807) is 0 Å². The Labute approximate surface area is 102 Å². The molecule has 0 spiro atoms. The van der Waals surface area contributed by atoms with Crippen LogP contribution in [0.15, 0.2) is 18.2 Å². The van der Waals surface area contributed by atoms with Gasteiger partial charge in [-0.15, -0.1) is 12.8 Å². The highest BCUT2D eigenvalue weighted by Gasteiger charge is 2.18. The Balaban J connectivity index is 0.000000686. The molecule has 0 saturated heterocycles. The van der Waals surface area contributed by atoms with Crippen LogP contribution in [0.1, 0.15) is 40.4 Å². The number of methoxy groups -OCH3 is 1. The fourth-order valence-electron chi connectivity index (χ4n) is 2.08. The first kappa shape index (κ1) is 13.3.